The summed E-state index contributed by atoms with van der Waals surface area (Å²) in [5.74, 6) is 1.31. The zero-order valence-corrected chi connectivity index (χ0v) is 15.7. The topological polar surface area (TPSA) is 46.5 Å². The number of aliphatic hydroxyl groups excluding tert-OH is 1. The monoisotopic (exact) mass is 378 g/mol. The first-order valence-electron chi connectivity index (χ1n) is 8.74. The van der Waals surface area contributed by atoms with E-state index in [0.29, 0.717) is 41.1 Å². The van der Waals surface area contributed by atoms with Gasteiger partial charge in [-0.05, 0) is 66.8 Å². The molecule has 0 bridgehead atoms. The molecule has 1 aliphatic rings. The molecule has 134 valence electrons. The van der Waals surface area contributed by atoms with E-state index in [-0.39, 0.29) is 12.5 Å². The zero-order chi connectivity index (χ0) is 17.6. The number of thiophene rings is 1. The molecular weight excluding hydrogens is 356 g/mol. The van der Waals surface area contributed by atoms with E-state index in [9.17, 15) is 9.90 Å². The summed E-state index contributed by atoms with van der Waals surface area (Å²) in [5.41, 5.74) is 0.716. The fourth-order valence-corrected chi connectivity index (χ4v) is 4.53. The van der Waals surface area contributed by atoms with Gasteiger partial charge in [0.25, 0.3) is 0 Å². The normalized spacial score (nSPS) is 20.2. The molecule has 1 saturated carbocycles. The van der Waals surface area contributed by atoms with Gasteiger partial charge in [0, 0.05) is 16.3 Å². The van der Waals surface area contributed by atoms with Gasteiger partial charge < -0.3 is 9.84 Å². The van der Waals surface area contributed by atoms with Crippen LogP contribution in [0.2, 0.25) is 5.02 Å². The van der Waals surface area contributed by atoms with Crippen LogP contribution < -0.4 is 4.74 Å². The molecule has 2 atom stereocenters. The molecule has 25 heavy (non-hydrogen) atoms. The number of halogens is 1. The first-order chi connectivity index (χ1) is 12.2. The molecule has 3 rings (SSSR count). The SMILES string of the molecule is O=C1CC[C@H](CCCc2cccs2)[C@H]1COc1cc(Cl)cc(CO)c1. The Morgan fingerprint density at radius 2 is 2.20 bits per heavy atom. The van der Waals surface area contributed by atoms with E-state index in [2.05, 4.69) is 17.5 Å². The molecule has 1 fully saturated rings. The lowest BCUT2D eigenvalue weighted by molar-refractivity contribution is -0.122. The lowest BCUT2D eigenvalue weighted by Crippen LogP contribution is -2.23. The molecule has 0 aliphatic heterocycles. The van der Waals surface area contributed by atoms with E-state index in [1.54, 1.807) is 29.5 Å². The average Bonchev–Trinajstić information content (AvgIpc) is 3.23. The summed E-state index contributed by atoms with van der Waals surface area (Å²) in [6.07, 6.45) is 4.89. The lowest BCUT2D eigenvalue weighted by Gasteiger charge is -2.19. The smallest absolute Gasteiger partial charge is 0.139 e. The van der Waals surface area contributed by atoms with E-state index in [1.165, 1.54) is 4.88 Å². The van der Waals surface area contributed by atoms with Crippen LogP contribution >= 0.6 is 22.9 Å². The Hall–Kier alpha value is -1.36. The van der Waals surface area contributed by atoms with Crippen molar-refractivity contribution in [1.29, 1.82) is 0 Å². The maximum atomic E-state index is 12.2. The van der Waals surface area contributed by atoms with Crippen molar-refractivity contribution in [3.63, 3.8) is 0 Å². The summed E-state index contributed by atoms with van der Waals surface area (Å²) in [5, 5.41) is 11.9. The van der Waals surface area contributed by atoms with Gasteiger partial charge >= 0.3 is 0 Å². The van der Waals surface area contributed by atoms with Crippen LogP contribution in [0, 0.1) is 11.8 Å². The van der Waals surface area contributed by atoms with Crippen LogP contribution in [0.4, 0.5) is 0 Å². The van der Waals surface area contributed by atoms with Gasteiger partial charge in [-0.15, -0.1) is 11.3 Å². The molecule has 0 unspecified atom stereocenters. The van der Waals surface area contributed by atoms with Crippen LogP contribution in [0.1, 0.15) is 36.1 Å². The van der Waals surface area contributed by atoms with Crippen molar-refractivity contribution in [2.24, 2.45) is 11.8 Å². The molecule has 0 amide bonds. The number of hydrogen-bond donors (Lipinski definition) is 1. The Balaban J connectivity index is 1.54. The van der Waals surface area contributed by atoms with Crippen LogP contribution in [-0.4, -0.2) is 17.5 Å². The van der Waals surface area contributed by atoms with Gasteiger partial charge in [-0.3, -0.25) is 4.79 Å². The van der Waals surface area contributed by atoms with E-state index in [0.717, 1.165) is 25.7 Å². The lowest BCUT2D eigenvalue weighted by atomic mass is 9.91. The first kappa shape index (κ1) is 18.4. The minimum Gasteiger partial charge on any atom is -0.493 e. The van der Waals surface area contributed by atoms with Crippen molar-refractivity contribution < 1.29 is 14.6 Å². The van der Waals surface area contributed by atoms with Crippen LogP contribution in [0.25, 0.3) is 0 Å². The third kappa shape index (κ3) is 5.06. The van der Waals surface area contributed by atoms with Crippen molar-refractivity contribution in [3.8, 4) is 5.75 Å². The second kappa shape index (κ2) is 8.84. The van der Waals surface area contributed by atoms with Crippen LogP contribution in [0.5, 0.6) is 5.75 Å². The highest BCUT2D eigenvalue weighted by Gasteiger charge is 2.34. The quantitative estimate of drug-likeness (QED) is 0.711. The van der Waals surface area contributed by atoms with Gasteiger partial charge in [-0.1, -0.05) is 17.7 Å². The summed E-state index contributed by atoms with van der Waals surface area (Å²) >= 11 is 7.84. The second-order valence-electron chi connectivity index (χ2n) is 6.61. The third-order valence-corrected chi connectivity index (χ3v) is 6.02. The van der Waals surface area contributed by atoms with E-state index in [4.69, 9.17) is 16.3 Å². The minimum absolute atomic E-state index is 0.0279. The van der Waals surface area contributed by atoms with Gasteiger partial charge in [0.05, 0.1) is 19.1 Å². The number of Topliss-reactive ketones (excluding diaryl/α,β-unsaturated/α-hetero) is 1. The highest BCUT2D eigenvalue weighted by atomic mass is 35.5. The van der Waals surface area contributed by atoms with E-state index < -0.39 is 0 Å². The number of hydrogen-bond acceptors (Lipinski definition) is 4. The standard InChI is InChI=1S/C20H23ClO3S/c21-16-9-14(12-22)10-17(11-16)24-13-19-15(6-7-20(19)23)3-1-4-18-5-2-8-25-18/h2,5,8-11,15,19,22H,1,3-4,6-7,12-13H2/t15-,19+/m0/s1. The van der Waals surface area contributed by atoms with Crippen molar-refractivity contribution in [1.82, 2.24) is 0 Å². The number of rotatable bonds is 8. The fourth-order valence-electron chi connectivity index (χ4n) is 3.53. The van der Waals surface area contributed by atoms with Crippen LogP contribution in [0.3, 0.4) is 0 Å². The Bertz CT molecular complexity index is 699. The summed E-state index contributed by atoms with van der Waals surface area (Å²) in [6, 6.07) is 9.47. The average molecular weight is 379 g/mol. The van der Waals surface area contributed by atoms with Crippen molar-refractivity contribution in [3.05, 3.63) is 51.2 Å². The number of carbonyl (C=O) groups excluding carboxylic acids is 1. The van der Waals surface area contributed by atoms with Gasteiger partial charge in [0.2, 0.25) is 0 Å². The number of ketones is 1. The Labute approximate surface area is 157 Å². The Morgan fingerprint density at radius 3 is 2.96 bits per heavy atom. The maximum Gasteiger partial charge on any atom is 0.139 e. The molecule has 0 spiro atoms. The Morgan fingerprint density at radius 1 is 1.32 bits per heavy atom. The molecule has 1 aromatic carbocycles. The van der Waals surface area contributed by atoms with Crippen LogP contribution in [-0.2, 0) is 17.8 Å². The minimum atomic E-state index is -0.0787. The first-order valence-corrected chi connectivity index (χ1v) is 9.99. The van der Waals surface area contributed by atoms with Gasteiger partial charge in [-0.25, -0.2) is 0 Å². The molecular formula is C20H23ClO3S. The number of benzene rings is 1. The maximum absolute atomic E-state index is 12.2. The number of ether oxygens (including phenoxy) is 1. The molecule has 0 saturated heterocycles. The highest BCUT2D eigenvalue weighted by molar-refractivity contribution is 7.09. The summed E-state index contributed by atoms with van der Waals surface area (Å²) in [4.78, 5) is 13.7. The summed E-state index contributed by atoms with van der Waals surface area (Å²) in [7, 11) is 0. The van der Waals surface area contributed by atoms with Gasteiger partial charge in [0.1, 0.15) is 11.5 Å². The summed E-state index contributed by atoms with van der Waals surface area (Å²) in [6.45, 7) is 0.318. The molecule has 1 N–H and O–H groups in total. The van der Waals surface area contributed by atoms with Gasteiger partial charge in [-0.2, -0.15) is 0 Å². The number of aliphatic hydroxyl groups is 1. The molecule has 5 heteroatoms. The fraction of sp³-hybridized carbons (Fsp3) is 0.450. The predicted molar refractivity (Wildman–Crippen MR) is 101 cm³/mol. The van der Waals surface area contributed by atoms with Crippen LogP contribution in [0.15, 0.2) is 35.7 Å². The van der Waals surface area contributed by atoms with Crippen molar-refractivity contribution in [2.45, 2.75) is 38.7 Å². The Kier molecular flexibility index (Phi) is 6.51. The third-order valence-electron chi connectivity index (χ3n) is 4.87. The predicted octanol–water partition coefficient (Wildman–Crippen LogP) is 4.89. The molecule has 0 radical (unpaired) electrons. The highest BCUT2D eigenvalue weighted by Crippen LogP contribution is 2.34. The zero-order valence-electron chi connectivity index (χ0n) is 14.1. The molecule has 1 aromatic heterocycles. The number of carbonyl (C=O) groups is 1. The molecule has 1 aliphatic carbocycles. The van der Waals surface area contributed by atoms with Gasteiger partial charge in [0.15, 0.2) is 0 Å². The largest absolute Gasteiger partial charge is 0.493 e. The molecule has 1 heterocycles. The number of aryl methyl sites for hydroxylation is 1. The summed E-state index contributed by atoms with van der Waals surface area (Å²) < 4.78 is 5.85. The van der Waals surface area contributed by atoms with Crippen molar-refractivity contribution in [2.75, 3.05) is 6.61 Å². The van der Waals surface area contributed by atoms with E-state index in [1.807, 2.05) is 0 Å². The molecule has 2 aromatic rings. The second-order valence-corrected chi connectivity index (χ2v) is 8.08. The van der Waals surface area contributed by atoms with E-state index >= 15 is 0 Å². The molecule has 3 nitrogen and oxygen atoms in total. The van der Waals surface area contributed by atoms with Crippen molar-refractivity contribution >= 4 is 28.7 Å².